The molecule has 4 nitrogen and oxygen atoms in total. The van der Waals surface area contributed by atoms with Crippen LogP contribution in [0, 0.1) is 13.8 Å². The maximum atomic E-state index is 12.7. The summed E-state index contributed by atoms with van der Waals surface area (Å²) < 4.78 is 0. The Morgan fingerprint density at radius 3 is 2.92 bits per heavy atom. The van der Waals surface area contributed by atoms with Crippen LogP contribution >= 0.6 is 23.1 Å². The van der Waals surface area contributed by atoms with Crippen LogP contribution in [0.4, 0.5) is 0 Å². The van der Waals surface area contributed by atoms with Crippen molar-refractivity contribution in [1.29, 1.82) is 0 Å². The molecule has 0 aliphatic carbocycles. The Balaban J connectivity index is 1.71. The fourth-order valence-electron chi connectivity index (χ4n) is 2.76. The number of rotatable bonds is 6. The third kappa shape index (κ3) is 4.19. The van der Waals surface area contributed by atoms with Crippen LogP contribution in [0.5, 0.6) is 0 Å². The van der Waals surface area contributed by atoms with Gasteiger partial charge in [-0.2, -0.15) is 11.8 Å². The number of thioether (sulfide) groups is 1. The number of para-hydroxylation sites is 1. The van der Waals surface area contributed by atoms with E-state index in [9.17, 15) is 4.79 Å². The molecular formula is C19H21N3OS2. The SMILES string of the molecule is CSCc1nc(CCNC(=O)c2cc(C)nc3c(C)cccc23)cs1. The molecule has 25 heavy (non-hydrogen) atoms. The predicted molar refractivity (Wildman–Crippen MR) is 107 cm³/mol. The zero-order chi connectivity index (χ0) is 17.8. The van der Waals surface area contributed by atoms with Gasteiger partial charge in [-0.25, -0.2) is 4.98 Å². The van der Waals surface area contributed by atoms with Gasteiger partial charge in [0.2, 0.25) is 0 Å². The molecule has 0 bridgehead atoms. The zero-order valence-electron chi connectivity index (χ0n) is 14.6. The first kappa shape index (κ1) is 17.9. The Bertz CT molecular complexity index is 905. The number of aryl methyl sites for hydroxylation is 2. The monoisotopic (exact) mass is 371 g/mol. The number of aromatic nitrogens is 2. The average Bonchev–Trinajstić information content (AvgIpc) is 3.03. The maximum absolute atomic E-state index is 12.7. The minimum absolute atomic E-state index is 0.0549. The van der Waals surface area contributed by atoms with Crippen LogP contribution in [0.2, 0.25) is 0 Å². The normalized spacial score (nSPS) is 11.0. The first-order valence-electron chi connectivity index (χ1n) is 8.16. The van der Waals surface area contributed by atoms with Gasteiger partial charge in [-0.05, 0) is 31.7 Å². The number of hydrogen-bond acceptors (Lipinski definition) is 5. The maximum Gasteiger partial charge on any atom is 0.252 e. The van der Waals surface area contributed by atoms with Gasteiger partial charge >= 0.3 is 0 Å². The van der Waals surface area contributed by atoms with Crippen molar-refractivity contribution < 1.29 is 4.79 Å². The Morgan fingerprint density at radius 1 is 1.28 bits per heavy atom. The number of nitrogens with zero attached hydrogens (tertiary/aromatic N) is 2. The summed E-state index contributed by atoms with van der Waals surface area (Å²) in [5.74, 6) is 0.888. The van der Waals surface area contributed by atoms with Gasteiger partial charge in [-0.15, -0.1) is 11.3 Å². The van der Waals surface area contributed by atoms with Crippen molar-refractivity contribution in [2.45, 2.75) is 26.0 Å². The molecule has 3 rings (SSSR count). The first-order chi connectivity index (χ1) is 12.1. The lowest BCUT2D eigenvalue weighted by atomic mass is 10.0. The van der Waals surface area contributed by atoms with Crippen molar-refractivity contribution in [3.05, 3.63) is 57.2 Å². The van der Waals surface area contributed by atoms with Crippen LogP contribution in [0.3, 0.4) is 0 Å². The van der Waals surface area contributed by atoms with Gasteiger partial charge in [0.1, 0.15) is 5.01 Å². The molecule has 0 fully saturated rings. The summed E-state index contributed by atoms with van der Waals surface area (Å²) in [6.07, 6.45) is 2.82. The van der Waals surface area contributed by atoms with Gasteiger partial charge in [-0.3, -0.25) is 9.78 Å². The van der Waals surface area contributed by atoms with Gasteiger partial charge in [-0.1, -0.05) is 18.2 Å². The molecule has 0 aliphatic rings. The molecule has 0 saturated carbocycles. The molecule has 1 aromatic carbocycles. The summed E-state index contributed by atoms with van der Waals surface area (Å²) in [6.45, 7) is 4.52. The molecule has 3 aromatic rings. The minimum Gasteiger partial charge on any atom is -0.352 e. The van der Waals surface area contributed by atoms with Crippen LogP contribution < -0.4 is 5.32 Å². The lowest BCUT2D eigenvalue weighted by Crippen LogP contribution is -2.26. The van der Waals surface area contributed by atoms with Gasteiger partial charge in [0.15, 0.2) is 0 Å². The van der Waals surface area contributed by atoms with E-state index in [1.807, 2.05) is 38.1 Å². The molecular weight excluding hydrogens is 350 g/mol. The number of amides is 1. The number of benzene rings is 1. The highest BCUT2D eigenvalue weighted by atomic mass is 32.2. The van der Waals surface area contributed by atoms with Gasteiger partial charge < -0.3 is 5.32 Å². The third-order valence-electron chi connectivity index (χ3n) is 3.95. The van der Waals surface area contributed by atoms with Gasteiger partial charge in [0, 0.05) is 35.2 Å². The van der Waals surface area contributed by atoms with Crippen LogP contribution in [-0.4, -0.2) is 28.7 Å². The van der Waals surface area contributed by atoms with Crippen molar-refractivity contribution in [3.8, 4) is 0 Å². The fraction of sp³-hybridized carbons (Fsp3) is 0.316. The summed E-state index contributed by atoms with van der Waals surface area (Å²) in [5, 5.41) is 7.14. The van der Waals surface area contributed by atoms with Crippen molar-refractivity contribution in [3.63, 3.8) is 0 Å². The number of nitrogens with one attached hydrogen (secondary N) is 1. The smallest absolute Gasteiger partial charge is 0.252 e. The Labute approximate surface area is 156 Å². The van der Waals surface area contributed by atoms with Gasteiger partial charge in [0.05, 0.1) is 16.8 Å². The molecule has 0 aliphatic heterocycles. The lowest BCUT2D eigenvalue weighted by molar-refractivity contribution is 0.0955. The second-order valence-electron chi connectivity index (χ2n) is 5.95. The highest BCUT2D eigenvalue weighted by molar-refractivity contribution is 7.97. The van der Waals surface area contributed by atoms with E-state index in [2.05, 4.69) is 26.9 Å². The van der Waals surface area contributed by atoms with E-state index in [1.165, 1.54) is 0 Å². The summed E-state index contributed by atoms with van der Waals surface area (Å²) in [5.41, 5.74) is 4.56. The number of carbonyl (C=O) groups is 1. The summed E-state index contributed by atoms with van der Waals surface area (Å²) in [4.78, 5) is 21.8. The largest absolute Gasteiger partial charge is 0.352 e. The third-order valence-corrected chi connectivity index (χ3v) is 5.59. The second-order valence-corrected chi connectivity index (χ2v) is 7.76. The summed E-state index contributed by atoms with van der Waals surface area (Å²) >= 11 is 3.45. The van der Waals surface area contributed by atoms with E-state index in [0.29, 0.717) is 12.1 Å². The number of carbonyl (C=O) groups excluding carboxylic acids is 1. The van der Waals surface area contributed by atoms with E-state index in [-0.39, 0.29) is 5.91 Å². The summed E-state index contributed by atoms with van der Waals surface area (Å²) in [7, 11) is 0. The number of pyridine rings is 1. The molecule has 0 saturated heterocycles. The zero-order valence-corrected chi connectivity index (χ0v) is 16.3. The highest BCUT2D eigenvalue weighted by Crippen LogP contribution is 2.21. The molecule has 0 spiro atoms. The quantitative estimate of drug-likeness (QED) is 0.707. The van der Waals surface area contributed by atoms with Gasteiger partial charge in [0.25, 0.3) is 5.91 Å². The topological polar surface area (TPSA) is 54.9 Å². The predicted octanol–water partition coefficient (Wildman–Crippen LogP) is 4.14. The molecule has 130 valence electrons. The molecule has 2 aromatic heterocycles. The molecule has 0 atom stereocenters. The number of fused-ring (bicyclic) bond motifs is 1. The van der Waals surface area contributed by atoms with E-state index in [0.717, 1.165) is 45.0 Å². The molecule has 0 radical (unpaired) electrons. The molecule has 1 N–H and O–H groups in total. The average molecular weight is 372 g/mol. The van der Waals surface area contributed by atoms with Crippen LogP contribution in [0.1, 0.15) is 32.3 Å². The molecule has 2 heterocycles. The van der Waals surface area contributed by atoms with Crippen molar-refractivity contribution in [2.24, 2.45) is 0 Å². The second kappa shape index (κ2) is 7.97. The van der Waals surface area contributed by atoms with Crippen LogP contribution in [0.25, 0.3) is 10.9 Å². The van der Waals surface area contributed by atoms with Crippen LogP contribution in [0.15, 0.2) is 29.6 Å². The highest BCUT2D eigenvalue weighted by Gasteiger charge is 2.13. The van der Waals surface area contributed by atoms with Crippen molar-refractivity contribution >= 4 is 39.9 Å². The van der Waals surface area contributed by atoms with Crippen molar-refractivity contribution in [2.75, 3.05) is 12.8 Å². The van der Waals surface area contributed by atoms with Crippen molar-refractivity contribution in [1.82, 2.24) is 15.3 Å². The van der Waals surface area contributed by atoms with E-state index in [4.69, 9.17) is 0 Å². The van der Waals surface area contributed by atoms with E-state index >= 15 is 0 Å². The van der Waals surface area contributed by atoms with Crippen LogP contribution in [-0.2, 0) is 12.2 Å². The fourth-order valence-corrected chi connectivity index (χ4v) is 4.31. The number of thiazole rings is 1. The first-order valence-corrected chi connectivity index (χ1v) is 10.4. The lowest BCUT2D eigenvalue weighted by Gasteiger charge is -2.10. The molecule has 1 amide bonds. The Hall–Kier alpha value is -1.92. The van der Waals surface area contributed by atoms with E-state index < -0.39 is 0 Å². The number of hydrogen-bond donors (Lipinski definition) is 1. The minimum atomic E-state index is -0.0549. The molecule has 6 heteroatoms. The van der Waals surface area contributed by atoms with E-state index in [1.54, 1.807) is 23.1 Å². The summed E-state index contributed by atoms with van der Waals surface area (Å²) in [6, 6.07) is 7.80. The Kier molecular flexibility index (Phi) is 5.71. The molecule has 0 unspecified atom stereocenters. The Morgan fingerprint density at radius 2 is 2.12 bits per heavy atom. The standard InChI is InChI=1S/C19H21N3OS2/c1-12-5-4-6-15-16(9-13(2)21-18(12)15)19(23)20-8-7-14-10-25-17(22-14)11-24-3/h4-6,9-10H,7-8,11H2,1-3H3,(H,20,23).